The molecule has 0 unspecified atom stereocenters. The first-order valence-electron chi connectivity index (χ1n) is 5.88. The maximum Gasteiger partial charge on any atom is 0.401 e. The molecule has 0 aliphatic carbocycles. The smallest absolute Gasteiger partial charge is 0.401 e. The molecule has 112 valence electrons. The summed E-state index contributed by atoms with van der Waals surface area (Å²) in [4.78, 5) is 11.5. The van der Waals surface area contributed by atoms with Crippen LogP contribution in [0, 0.1) is 0 Å². The number of benzene rings is 1. The van der Waals surface area contributed by atoms with E-state index in [9.17, 15) is 18.0 Å². The van der Waals surface area contributed by atoms with Crippen LogP contribution in [0.3, 0.4) is 0 Å². The quantitative estimate of drug-likeness (QED) is 0.837. The van der Waals surface area contributed by atoms with Crippen LogP contribution in [-0.2, 0) is 22.7 Å². The lowest BCUT2D eigenvalue weighted by Gasteiger charge is -2.22. The van der Waals surface area contributed by atoms with Gasteiger partial charge in [0.05, 0.1) is 19.7 Å². The molecule has 1 aromatic carbocycles. The van der Waals surface area contributed by atoms with E-state index in [1.54, 1.807) is 24.3 Å². The van der Waals surface area contributed by atoms with Gasteiger partial charge in [0.25, 0.3) is 0 Å². The molecule has 1 N–H and O–H groups in total. The monoisotopic (exact) mass is 291 g/mol. The number of rotatable bonds is 7. The van der Waals surface area contributed by atoms with E-state index in [0.29, 0.717) is 12.2 Å². The number of methoxy groups -OCH3 is 1. The first-order valence-corrected chi connectivity index (χ1v) is 5.88. The number of carbonyl (C=O) groups is 1. The summed E-state index contributed by atoms with van der Waals surface area (Å²) in [5.41, 5.74) is 1.44. The minimum absolute atomic E-state index is 0.0800. The first-order chi connectivity index (χ1) is 9.30. The number of carboxylic acid groups (broad SMARTS) is 1. The zero-order valence-electron chi connectivity index (χ0n) is 11.0. The molecule has 0 aromatic heterocycles. The van der Waals surface area contributed by atoms with Gasteiger partial charge in [-0.05, 0) is 11.1 Å². The average molecular weight is 291 g/mol. The second-order valence-corrected chi connectivity index (χ2v) is 4.41. The van der Waals surface area contributed by atoms with Gasteiger partial charge in [0.15, 0.2) is 0 Å². The summed E-state index contributed by atoms with van der Waals surface area (Å²) in [6.45, 7) is -1.64. The maximum absolute atomic E-state index is 12.4. The molecule has 1 rings (SSSR count). The van der Waals surface area contributed by atoms with Crippen molar-refractivity contribution in [2.75, 3.05) is 20.2 Å². The van der Waals surface area contributed by atoms with Gasteiger partial charge in [-0.2, -0.15) is 13.2 Å². The molecule has 0 radical (unpaired) electrons. The highest BCUT2D eigenvalue weighted by atomic mass is 19.4. The lowest BCUT2D eigenvalue weighted by atomic mass is 10.1. The molecule has 0 heterocycles. The van der Waals surface area contributed by atoms with Crippen LogP contribution < -0.4 is 0 Å². The summed E-state index contributed by atoms with van der Waals surface area (Å²) in [7, 11) is 1.52. The molecular formula is C13H16F3NO3. The normalized spacial score (nSPS) is 11.8. The fourth-order valence-electron chi connectivity index (χ4n) is 1.86. The SMILES string of the molecule is COCc1cccc(CN(CC(=O)O)CC(F)(F)F)c1. The van der Waals surface area contributed by atoms with E-state index >= 15 is 0 Å². The Morgan fingerprint density at radius 1 is 1.35 bits per heavy atom. The number of aliphatic carboxylic acids is 1. The van der Waals surface area contributed by atoms with Crippen LogP contribution in [0.4, 0.5) is 13.2 Å². The van der Waals surface area contributed by atoms with Crippen molar-refractivity contribution >= 4 is 5.97 Å². The van der Waals surface area contributed by atoms with E-state index in [0.717, 1.165) is 10.5 Å². The van der Waals surface area contributed by atoms with Crippen LogP contribution in [0.25, 0.3) is 0 Å². The molecule has 7 heteroatoms. The molecular weight excluding hydrogens is 275 g/mol. The third-order valence-electron chi connectivity index (χ3n) is 2.47. The Morgan fingerprint density at radius 2 is 2.00 bits per heavy atom. The first kappa shape index (κ1) is 16.5. The molecule has 0 spiro atoms. The van der Waals surface area contributed by atoms with Crippen LogP contribution >= 0.6 is 0 Å². The Morgan fingerprint density at radius 3 is 2.55 bits per heavy atom. The predicted octanol–water partition coefficient (Wildman–Crippen LogP) is 2.28. The van der Waals surface area contributed by atoms with Crippen molar-refractivity contribution in [3.63, 3.8) is 0 Å². The number of ether oxygens (including phenoxy) is 1. The number of halogens is 3. The summed E-state index contributed by atoms with van der Waals surface area (Å²) in [6, 6.07) is 6.85. The van der Waals surface area contributed by atoms with Gasteiger partial charge in [-0.25, -0.2) is 0 Å². The molecule has 0 fully saturated rings. The number of hydrogen-bond donors (Lipinski definition) is 1. The third kappa shape index (κ3) is 6.53. The largest absolute Gasteiger partial charge is 0.480 e. The molecule has 0 aliphatic rings. The number of nitrogens with zero attached hydrogens (tertiary/aromatic N) is 1. The predicted molar refractivity (Wildman–Crippen MR) is 66.1 cm³/mol. The highest BCUT2D eigenvalue weighted by Crippen LogP contribution is 2.18. The fourth-order valence-corrected chi connectivity index (χ4v) is 1.86. The van der Waals surface area contributed by atoms with E-state index < -0.39 is 25.2 Å². The van der Waals surface area contributed by atoms with Crippen LogP contribution in [-0.4, -0.2) is 42.4 Å². The van der Waals surface area contributed by atoms with Crippen LogP contribution in [0.1, 0.15) is 11.1 Å². The van der Waals surface area contributed by atoms with E-state index in [1.807, 2.05) is 0 Å². The molecule has 0 saturated heterocycles. The summed E-state index contributed by atoms with van der Waals surface area (Å²) in [6.07, 6.45) is -4.43. The van der Waals surface area contributed by atoms with Crippen molar-refractivity contribution in [1.82, 2.24) is 4.90 Å². The summed E-state index contributed by atoms with van der Waals surface area (Å²) >= 11 is 0. The zero-order chi connectivity index (χ0) is 15.2. The van der Waals surface area contributed by atoms with Gasteiger partial charge in [0.2, 0.25) is 0 Å². The summed E-state index contributed by atoms with van der Waals surface area (Å²) < 4.78 is 42.2. The number of alkyl halides is 3. The van der Waals surface area contributed by atoms with E-state index in [2.05, 4.69) is 0 Å². The standard InChI is InChI=1S/C13H16F3NO3/c1-20-8-11-4-2-3-10(5-11)6-17(7-12(18)19)9-13(14,15)16/h2-5H,6-9H2,1H3,(H,18,19). The minimum atomic E-state index is -4.43. The van der Waals surface area contributed by atoms with Crippen molar-refractivity contribution in [3.05, 3.63) is 35.4 Å². The molecule has 20 heavy (non-hydrogen) atoms. The maximum atomic E-state index is 12.4. The van der Waals surface area contributed by atoms with E-state index in [-0.39, 0.29) is 6.54 Å². The Labute approximate surface area is 114 Å². The van der Waals surface area contributed by atoms with E-state index in [4.69, 9.17) is 9.84 Å². The molecule has 0 bridgehead atoms. The Kier molecular flexibility index (Phi) is 5.97. The van der Waals surface area contributed by atoms with Gasteiger partial charge in [0, 0.05) is 13.7 Å². The third-order valence-corrected chi connectivity index (χ3v) is 2.47. The van der Waals surface area contributed by atoms with Crippen molar-refractivity contribution in [2.45, 2.75) is 19.3 Å². The van der Waals surface area contributed by atoms with Gasteiger partial charge in [-0.1, -0.05) is 24.3 Å². The number of carboxylic acids is 1. The topological polar surface area (TPSA) is 49.8 Å². The molecule has 4 nitrogen and oxygen atoms in total. The second-order valence-electron chi connectivity index (χ2n) is 4.41. The van der Waals surface area contributed by atoms with Crippen LogP contribution in [0.15, 0.2) is 24.3 Å². The van der Waals surface area contributed by atoms with Crippen LogP contribution in [0.5, 0.6) is 0 Å². The summed E-state index contributed by atoms with van der Waals surface area (Å²) in [5.74, 6) is -1.29. The Bertz CT molecular complexity index is 449. The fraction of sp³-hybridized carbons (Fsp3) is 0.462. The molecule has 0 aliphatic heterocycles. The van der Waals surface area contributed by atoms with Crippen molar-refractivity contribution in [3.8, 4) is 0 Å². The van der Waals surface area contributed by atoms with Crippen LogP contribution in [0.2, 0.25) is 0 Å². The van der Waals surface area contributed by atoms with Gasteiger partial charge in [-0.3, -0.25) is 9.69 Å². The average Bonchev–Trinajstić information content (AvgIpc) is 2.26. The Hall–Kier alpha value is -1.60. The highest BCUT2D eigenvalue weighted by Gasteiger charge is 2.31. The molecule has 0 atom stereocenters. The lowest BCUT2D eigenvalue weighted by Crippen LogP contribution is -2.37. The Balaban J connectivity index is 2.77. The van der Waals surface area contributed by atoms with Crippen molar-refractivity contribution < 1.29 is 27.8 Å². The molecule has 0 amide bonds. The zero-order valence-corrected chi connectivity index (χ0v) is 11.0. The minimum Gasteiger partial charge on any atom is -0.480 e. The molecule has 1 aromatic rings. The molecule has 0 saturated carbocycles. The van der Waals surface area contributed by atoms with Crippen molar-refractivity contribution in [1.29, 1.82) is 0 Å². The second kappa shape index (κ2) is 7.25. The lowest BCUT2D eigenvalue weighted by molar-refractivity contribution is -0.154. The van der Waals surface area contributed by atoms with Gasteiger partial charge >= 0.3 is 12.1 Å². The summed E-state index contributed by atoms with van der Waals surface area (Å²) in [5, 5.41) is 8.67. The van der Waals surface area contributed by atoms with E-state index in [1.165, 1.54) is 7.11 Å². The van der Waals surface area contributed by atoms with Gasteiger partial charge in [-0.15, -0.1) is 0 Å². The highest BCUT2D eigenvalue weighted by molar-refractivity contribution is 5.69. The van der Waals surface area contributed by atoms with Crippen molar-refractivity contribution in [2.24, 2.45) is 0 Å². The number of hydrogen-bond acceptors (Lipinski definition) is 3. The van der Waals surface area contributed by atoms with Gasteiger partial charge < -0.3 is 9.84 Å². The van der Waals surface area contributed by atoms with Gasteiger partial charge in [0.1, 0.15) is 0 Å².